The van der Waals surface area contributed by atoms with Crippen LogP contribution in [-0.4, -0.2) is 39.8 Å². The van der Waals surface area contributed by atoms with Crippen LogP contribution in [0.3, 0.4) is 0 Å². The molecule has 0 saturated carbocycles. The summed E-state index contributed by atoms with van der Waals surface area (Å²) in [6, 6.07) is 9.60. The van der Waals surface area contributed by atoms with Crippen molar-refractivity contribution in [1.82, 2.24) is 14.7 Å². The molecule has 2 aromatic rings. The molecule has 0 fully saturated rings. The highest BCUT2D eigenvalue weighted by Crippen LogP contribution is 2.21. The van der Waals surface area contributed by atoms with Crippen molar-refractivity contribution in [2.45, 2.75) is 20.5 Å². The minimum absolute atomic E-state index is 0.0916. The molecule has 0 aliphatic rings. The predicted octanol–water partition coefficient (Wildman–Crippen LogP) is 2.38. The molecule has 0 amide bonds. The Balaban J connectivity index is 1.88. The standard InChI is InChI=1S/C15H20N4O3/c1-12-15(19(20)21)13(2)18(16-12)11-17(3)9-10-22-14-7-5-4-6-8-14/h4-8H,9-11H2,1-3H3. The van der Waals surface area contributed by atoms with Crippen LogP contribution in [-0.2, 0) is 6.67 Å². The quantitative estimate of drug-likeness (QED) is 0.580. The van der Waals surface area contributed by atoms with Crippen molar-refractivity contribution in [2.24, 2.45) is 0 Å². The third-order valence-corrected chi connectivity index (χ3v) is 3.39. The van der Waals surface area contributed by atoms with Crippen molar-refractivity contribution in [2.75, 3.05) is 20.2 Å². The molecule has 0 aliphatic carbocycles. The van der Waals surface area contributed by atoms with E-state index in [2.05, 4.69) is 5.10 Å². The van der Waals surface area contributed by atoms with Crippen molar-refractivity contribution in [3.8, 4) is 5.75 Å². The molecule has 0 saturated heterocycles. The molecule has 1 aromatic carbocycles. The van der Waals surface area contributed by atoms with Gasteiger partial charge in [-0.25, -0.2) is 4.68 Å². The summed E-state index contributed by atoms with van der Waals surface area (Å²) in [5, 5.41) is 15.2. The molecule has 1 aromatic heterocycles. The van der Waals surface area contributed by atoms with E-state index < -0.39 is 0 Å². The average Bonchev–Trinajstić information content (AvgIpc) is 2.74. The second kappa shape index (κ2) is 7.04. The average molecular weight is 304 g/mol. The van der Waals surface area contributed by atoms with Gasteiger partial charge in [0.05, 0.1) is 11.6 Å². The molecule has 0 unspecified atom stereocenters. The van der Waals surface area contributed by atoms with Gasteiger partial charge in [0.25, 0.3) is 0 Å². The number of benzene rings is 1. The highest BCUT2D eigenvalue weighted by Gasteiger charge is 2.21. The van der Waals surface area contributed by atoms with Gasteiger partial charge in [-0.1, -0.05) is 18.2 Å². The highest BCUT2D eigenvalue weighted by atomic mass is 16.6. The fourth-order valence-electron chi connectivity index (χ4n) is 2.22. The van der Waals surface area contributed by atoms with Crippen LogP contribution >= 0.6 is 0 Å². The van der Waals surface area contributed by atoms with Gasteiger partial charge in [-0.3, -0.25) is 15.0 Å². The van der Waals surface area contributed by atoms with Crippen molar-refractivity contribution < 1.29 is 9.66 Å². The van der Waals surface area contributed by atoms with Crippen molar-refractivity contribution in [3.63, 3.8) is 0 Å². The summed E-state index contributed by atoms with van der Waals surface area (Å²) in [6.07, 6.45) is 0. The molecular formula is C15H20N4O3. The third-order valence-electron chi connectivity index (χ3n) is 3.39. The van der Waals surface area contributed by atoms with Crippen LogP contribution < -0.4 is 4.74 Å². The molecular weight excluding hydrogens is 284 g/mol. The maximum atomic E-state index is 11.0. The van der Waals surface area contributed by atoms with E-state index in [0.717, 1.165) is 5.75 Å². The molecule has 0 atom stereocenters. The number of aromatic nitrogens is 2. The molecule has 1 heterocycles. The van der Waals surface area contributed by atoms with Crippen molar-refractivity contribution in [1.29, 1.82) is 0 Å². The van der Waals surface area contributed by atoms with Crippen LogP contribution in [0.1, 0.15) is 11.4 Å². The summed E-state index contributed by atoms with van der Waals surface area (Å²) < 4.78 is 7.28. The zero-order chi connectivity index (χ0) is 16.1. The Kier molecular flexibility index (Phi) is 5.11. The molecule has 0 radical (unpaired) electrons. The Labute approximate surface area is 129 Å². The summed E-state index contributed by atoms with van der Waals surface area (Å²) in [5.41, 5.74) is 1.10. The lowest BCUT2D eigenvalue weighted by Gasteiger charge is -2.17. The van der Waals surface area contributed by atoms with Gasteiger partial charge in [0.1, 0.15) is 23.7 Å². The second-order valence-electron chi connectivity index (χ2n) is 5.16. The first-order valence-electron chi connectivity index (χ1n) is 7.04. The van der Waals surface area contributed by atoms with E-state index in [4.69, 9.17) is 4.74 Å². The largest absolute Gasteiger partial charge is 0.492 e. The topological polar surface area (TPSA) is 73.4 Å². The molecule has 22 heavy (non-hydrogen) atoms. The number of likely N-dealkylation sites (N-methyl/N-ethyl adjacent to an activating group) is 1. The number of para-hydroxylation sites is 1. The Morgan fingerprint density at radius 3 is 2.59 bits per heavy atom. The van der Waals surface area contributed by atoms with Crippen molar-refractivity contribution >= 4 is 5.69 Å². The summed E-state index contributed by atoms with van der Waals surface area (Å²) in [4.78, 5) is 12.6. The van der Waals surface area contributed by atoms with Crippen LogP contribution in [0.25, 0.3) is 0 Å². The number of nitro groups is 1. The van der Waals surface area contributed by atoms with E-state index in [0.29, 0.717) is 31.2 Å². The summed E-state index contributed by atoms with van der Waals surface area (Å²) >= 11 is 0. The Morgan fingerprint density at radius 2 is 2.00 bits per heavy atom. The first-order chi connectivity index (χ1) is 10.5. The molecule has 0 bridgehead atoms. The fourth-order valence-corrected chi connectivity index (χ4v) is 2.22. The predicted molar refractivity (Wildman–Crippen MR) is 82.9 cm³/mol. The Bertz CT molecular complexity index is 640. The minimum Gasteiger partial charge on any atom is -0.492 e. The number of aryl methyl sites for hydroxylation is 1. The zero-order valence-corrected chi connectivity index (χ0v) is 13.0. The van der Waals surface area contributed by atoms with E-state index in [1.54, 1.807) is 18.5 Å². The van der Waals surface area contributed by atoms with Gasteiger partial charge in [0, 0.05) is 6.54 Å². The first-order valence-corrected chi connectivity index (χ1v) is 7.04. The van der Waals surface area contributed by atoms with Crippen LogP contribution in [0.5, 0.6) is 5.75 Å². The Hall–Kier alpha value is -2.41. The van der Waals surface area contributed by atoms with Crippen molar-refractivity contribution in [3.05, 3.63) is 51.8 Å². The fraction of sp³-hybridized carbons (Fsp3) is 0.400. The normalized spacial score (nSPS) is 10.9. The molecule has 118 valence electrons. The summed E-state index contributed by atoms with van der Waals surface area (Å²) in [6.45, 7) is 5.09. The number of hydrogen-bond acceptors (Lipinski definition) is 5. The van der Waals surface area contributed by atoms with Gasteiger partial charge in [-0.05, 0) is 33.0 Å². The number of rotatable bonds is 7. The molecule has 0 aliphatic heterocycles. The monoisotopic (exact) mass is 304 g/mol. The zero-order valence-electron chi connectivity index (χ0n) is 13.0. The van der Waals surface area contributed by atoms with E-state index in [9.17, 15) is 10.1 Å². The highest BCUT2D eigenvalue weighted by molar-refractivity contribution is 5.39. The van der Waals surface area contributed by atoms with E-state index >= 15 is 0 Å². The molecule has 7 nitrogen and oxygen atoms in total. The van der Waals surface area contributed by atoms with Crippen LogP contribution in [0, 0.1) is 24.0 Å². The SMILES string of the molecule is Cc1nn(CN(C)CCOc2ccccc2)c(C)c1[N+](=O)[O-]. The van der Waals surface area contributed by atoms with Crippen LogP contribution in [0.4, 0.5) is 5.69 Å². The number of ether oxygens (including phenoxy) is 1. The first kappa shape index (κ1) is 16.0. The van der Waals surface area contributed by atoms with E-state index in [1.807, 2.05) is 42.3 Å². The molecule has 0 spiro atoms. The van der Waals surface area contributed by atoms with Crippen LogP contribution in [0.15, 0.2) is 30.3 Å². The number of nitrogens with zero attached hydrogens (tertiary/aromatic N) is 4. The smallest absolute Gasteiger partial charge is 0.312 e. The van der Waals surface area contributed by atoms with E-state index in [1.165, 1.54) is 0 Å². The Morgan fingerprint density at radius 1 is 1.32 bits per heavy atom. The lowest BCUT2D eigenvalue weighted by molar-refractivity contribution is -0.386. The van der Waals surface area contributed by atoms with Gasteiger partial charge < -0.3 is 4.74 Å². The molecule has 7 heteroatoms. The van der Waals surface area contributed by atoms with Gasteiger partial charge in [-0.15, -0.1) is 0 Å². The second-order valence-corrected chi connectivity index (χ2v) is 5.16. The number of hydrogen-bond donors (Lipinski definition) is 0. The maximum absolute atomic E-state index is 11.0. The minimum atomic E-state index is -0.382. The van der Waals surface area contributed by atoms with Gasteiger partial charge >= 0.3 is 5.69 Å². The van der Waals surface area contributed by atoms with Gasteiger partial charge in [-0.2, -0.15) is 5.10 Å². The van der Waals surface area contributed by atoms with Gasteiger partial charge in [0.15, 0.2) is 0 Å². The third kappa shape index (κ3) is 3.82. The maximum Gasteiger partial charge on any atom is 0.312 e. The van der Waals surface area contributed by atoms with Gasteiger partial charge in [0.2, 0.25) is 0 Å². The lowest BCUT2D eigenvalue weighted by Crippen LogP contribution is -2.27. The summed E-state index contributed by atoms with van der Waals surface area (Å²) in [5.74, 6) is 0.831. The molecule has 0 N–H and O–H groups in total. The van der Waals surface area contributed by atoms with E-state index in [-0.39, 0.29) is 10.6 Å². The van der Waals surface area contributed by atoms with Crippen LogP contribution in [0.2, 0.25) is 0 Å². The lowest BCUT2D eigenvalue weighted by atomic mass is 10.3. The molecule has 2 rings (SSSR count). The summed E-state index contributed by atoms with van der Waals surface area (Å²) in [7, 11) is 1.93.